The summed E-state index contributed by atoms with van der Waals surface area (Å²) in [4.78, 5) is 25.2. The quantitative estimate of drug-likeness (QED) is 0.787. The van der Waals surface area contributed by atoms with Crippen molar-refractivity contribution >= 4 is 35.1 Å². The average molecular weight is 346 g/mol. The molecule has 0 spiro atoms. The average Bonchev–Trinajstić information content (AvgIpc) is 2.54. The number of benzene rings is 1. The molecule has 120 valence electrons. The molecule has 1 aliphatic heterocycles. The highest BCUT2D eigenvalue weighted by atomic mass is 35.5. The van der Waals surface area contributed by atoms with Crippen LogP contribution in [0.15, 0.2) is 18.2 Å². The molecule has 0 aliphatic carbocycles. The summed E-state index contributed by atoms with van der Waals surface area (Å²) in [5.74, 6) is -0.0993. The van der Waals surface area contributed by atoms with E-state index in [1.54, 1.807) is 23.1 Å². The van der Waals surface area contributed by atoms with Crippen molar-refractivity contribution in [1.29, 1.82) is 0 Å². The third-order valence-corrected chi connectivity index (χ3v) is 4.17. The van der Waals surface area contributed by atoms with Gasteiger partial charge >= 0.3 is 5.97 Å². The molecule has 5 nitrogen and oxygen atoms in total. The highest BCUT2D eigenvalue weighted by Gasteiger charge is 2.28. The summed E-state index contributed by atoms with van der Waals surface area (Å²) in [6.45, 7) is 0.930. The molecule has 22 heavy (non-hydrogen) atoms. The van der Waals surface area contributed by atoms with Crippen LogP contribution in [0, 0.1) is 5.92 Å². The van der Waals surface area contributed by atoms with Gasteiger partial charge in [-0.15, -0.1) is 0 Å². The summed E-state index contributed by atoms with van der Waals surface area (Å²) in [5, 5.41) is 0.896. The Morgan fingerprint density at radius 3 is 2.59 bits per heavy atom. The van der Waals surface area contributed by atoms with Gasteiger partial charge in [-0.05, 0) is 25.0 Å². The third-order valence-electron chi connectivity index (χ3n) is 3.63. The number of hydrogen-bond donors (Lipinski definition) is 0. The molecule has 0 N–H and O–H groups in total. The van der Waals surface area contributed by atoms with Crippen molar-refractivity contribution in [3.63, 3.8) is 0 Å². The number of ether oxygens (including phenoxy) is 2. The predicted molar refractivity (Wildman–Crippen MR) is 83.3 cm³/mol. The zero-order chi connectivity index (χ0) is 16.1. The summed E-state index contributed by atoms with van der Waals surface area (Å²) >= 11 is 11.8. The van der Waals surface area contributed by atoms with Crippen LogP contribution < -0.4 is 4.74 Å². The van der Waals surface area contributed by atoms with Crippen molar-refractivity contribution in [2.24, 2.45) is 5.92 Å². The molecule has 0 unspecified atom stereocenters. The molecule has 0 aromatic heterocycles. The van der Waals surface area contributed by atoms with Gasteiger partial charge < -0.3 is 14.4 Å². The lowest BCUT2D eigenvalue weighted by Crippen LogP contribution is -2.42. The number of carbonyl (C=O) groups excluding carboxylic acids is 2. The first-order chi connectivity index (χ1) is 10.5. The largest absolute Gasteiger partial charge is 0.482 e. The van der Waals surface area contributed by atoms with Gasteiger partial charge in [0, 0.05) is 24.2 Å². The lowest BCUT2D eigenvalue weighted by molar-refractivity contribution is -0.149. The minimum Gasteiger partial charge on any atom is -0.482 e. The van der Waals surface area contributed by atoms with E-state index in [0.717, 1.165) is 0 Å². The fraction of sp³-hybridized carbons (Fsp3) is 0.467. The number of esters is 1. The predicted octanol–water partition coefficient (Wildman–Crippen LogP) is 2.78. The van der Waals surface area contributed by atoms with Gasteiger partial charge in [0.2, 0.25) is 0 Å². The monoisotopic (exact) mass is 345 g/mol. The normalized spacial score (nSPS) is 15.5. The molecule has 7 heteroatoms. The molecule has 0 radical (unpaired) electrons. The van der Waals surface area contributed by atoms with Crippen LogP contribution in [0.1, 0.15) is 12.8 Å². The van der Waals surface area contributed by atoms with E-state index in [9.17, 15) is 9.59 Å². The Morgan fingerprint density at radius 2 is 1.95 bits per heavy atom. The minimum absolute atomic E-state index is 0.108. The number of carbonyl (C=O) groups is 2. The van der Waals surface area contributed by atoms with Crippen molar-refractivity contribution < 1.29 is 19.1 Å². The Morgan fingerprint density at radius 1 is 1.27 bits per heavy atom. The number of halogens is 2. The van der Waals surface area contributed by atoms with Gasteiger partial charge in [0.15, 0.2) is 6.61 Å². The molecular formula is C15H17Cl2NO4. The second-order valence-electron chi connectivity index (χ2n) is 5.04. The molecule has 0 bridgehead atoms. The topological polar surface area (TPSA) is 55.8 Å². The maximum atomic E-state index is 12.1. The van der Waals surface area contributed by atoms with Crippen LogP contribution in [0.4, 0.5) is 0 Å². The third kappa shape index (κ3) is 4.27. The molecule has 1 aromatic rings. The van der Waals surface area contributed by atoms with Crippen molar-refractivity contribution in [2.45, 2.75) is 12.8 Å². The van der Waals surface area contributed by atoms with Gasteiger partial charge in [0.05, 0.1) is 18.1 Å². The van der Waals surface area contributed by atoms with Crippen molar-refractivity contribution in [3.8, 4) is 5.75 Å². The van der Waals surface area contributed by atoms with E-state index in [0.29, 0.717) is 41.7 Å². The minimum atomic E-state index is -0.214. The molecule has 1 aromatic carbocycles. The van der Waals surface area contributed by atoms with E-state index in [2.05, 4.69) is 0 Å². The first-order valence-corrected chi connectivity index (χ1v) is 7.70. The highest BCUT2D eigenvalue weighted by Crippen LogP contribution is 2.27. The van der Waals surface area contributed by atoms with Crippen molar-refractivity contribution in [3.05, 3.63) is 28.2 Å². The smallest absolute Gasteiger partial charge is 0.308 e. The molecule has 0 saturated carbocycles. The number of methoxy groups -OCH3 is 1. The van der Waals surface area contributed by atoms with Crippen LogP contribution >= 0.6 is 23.2 Å². The van der Waals surface area contributed by atoms with Crippen LogP contribution in [0.5, 0.6) is 5.75 Å². The van der Waals surface area contributed by atoms with E-state index >= 15 is 0 Å². The van der Waals surface area contributed by atoms with E-state index in [-0.39, 0.29) is 24.4 Å². The van der Waals surface area contributed by atoms with Crippen LogP contribution in [-0.4, -0.2) is 43.6 Å². The highest BCUT2D eigenvalue weighted by molar-refractivity contribution is 6.34. The summed E-state index contributed by atoms with van der Waals surface area (Å²) in [5.41, 5.74) is 0. The molecule has 1 saturated heterocycles. The van der Waals surface area contributed by atoms with Gasteiger partial charge in [-0.2, -0.15) is 0 Å². The molecule has 1 fully saturated rings. The molecule has 1 aliphatic rings. The zero-order valence-electron chi connectivity index (χ0n) is 12.2. The van der Waals surface area contributed by atoms with Gasteiger partial charge in [-0.25, -0.2) is 0 Å². The van der Waals surface area contributed by atoms with E-state index < -0.39 is 0 Å². The number of amides is 1. The lowest BCUT2D eigenvalue weighted by atomic mass is 9.97. The van der Waals surface area contributed by atoms with E-state index in [4.69, 9.17) is 32.7 Å². The van der Waals surface area contributed by atoms with Crippen molar-refractivity contribution in [2.75, 3.05) is 26.8 Å². The number of rotatable bonds is 4. The van der Waals surface area contributed by atoms with Crippen LogP contribution in [0.2, 0.25) is 10.0 Å². The molecule has 1 heterocycles. The lowest BCUT2D eigenvalue weighted by Gasteiger charge is -2.30. The summed E-state index contributed by atoms with van der Waals surface area (Å²) in [7, 11) is 1.38. The maximum Gasteiger partial charge on any atom is 0.308 e. The zero-order valence-corrected chi connectivity index (χ0v) is 13.7. The Balaban J connectivity index is 1.83. The number of likely N-dealkylation sites (tertiary alicyclic amines) is 1. The van der Waals surface area contributed by atoms with Gasteiger partial charge in [0.1, 0.15) is 5.75 Å². The first-order valence-electron chi connectivity index (χ1n) is 6.94. The number of hydrogen-bond acceptors (Lipinski definition) is 4. The number of nitrogens with zero attached hydrogens (tertiary/aromatic N) is 1. The van der Waals surface area contributed by atoms with Crippen molar-refractivity contribution in [1.82, 2.24) is 4.90 Å². The van der Waals surface area contributed by atoms with Gasteiger partial charge in [-0.1, -0.05) is 23.2 Å². The fourth-order valence-corrected chi connectivity index (χ4v) is 2.68. The molecule has 0 atom stereocenters. The molecule has 2 rings (SSSR count). The summed E-state index contributed by atoms with van der Waals surface area (Å²) in [6.07, 6.45) is 1.21. The Labute approximate surface area is 139 Å². The van der Waals surface area contributed by atoms with Crippen LogP contribution in [0.3, 0.4) is 0 Å². The number of piperidine rings is 1. The van der Waals surface area contributed by atoms with E-state index in [1.807, 2.05) is 0 Å². The maximum absolute atomic E-state index is 12.1. The molecular weight excluding hydrogens is 329 g/mol. The van der Waals surface area contributed by atoms with Gasteiger partial charge in [-0.3, -0.25) is 9.59 Å². The van der Waals surface area contributed by atoms with E-state index in [1.165, 1.54) is 7.11 Å². The van der Waals surface area contributed by atoms with Gasteiger partial charge in [0.25, 0.3) is 5.91 Å². The fourth-order valence-electron chi connectivity index (χ4n) is 2.35. The first kappa shape index (κ1) is 16.9. The Hall–Kier alpha value is -1.46. The SMILES string of the molecule is COC(=O)C1CCN(C(=O)COc2cc(Cl)ccc2Cl)CC1. The second kappa shape index (κ2) is 7.70. The Bertz CT molecular complexity index is 556. The second-order valence-corrected chi connectivity index (χ2v) is 5.89. The van der Waals surface area contributed by atoms with Crippen LogP contribution in [0.25, 0.3) is 0 Å². The Kier molecular flexibility index (Phi) is 5.91. The summed E-state index contributed by atoms with van der Waals surface area (Å²) < 4.78 is 10.1. The standard InChI is InChI=1S/C15H17Cl2NO4/c1-21-15(20)10-4-6-18(7-5-10)14(19)9-22-13-8-11(16)2-3-12(13)17/h2-3,8,10H,4-7,9H2,1H3. The van der Waals surface area contributed by atoms with Crippen LogP contribution in [-0.2, 0) is 14.3 Å². The molecule has 1 amide bonds. The summed E-state index contributed by atoms with van der Waals surface area (Å²) in [6, 6.07) is 4.84.